The molecule has 2 unspecified atom stereocenters. The van der Waals surface area contributed by atoms with Crippen LogP contribution in [0.2, 0.25) is 0 Å². The first-order valence-electron chi connectivity index (χ1n) is 6.07. The van der Waals surface area contributed by atoms with E-state index in [0.717, 1.165) is 0 Å². The Morgan fingerprint density at radius 3 is 2.72 bits per heavy atom. The minimum atomic E-state index is -0.140. The lowest BCUT2D eigenvalue weighted by atomic mass is 9.75. The number of amides is 1. The Hall–Kier alpha value is -1.61. The van der Waals surface area contributed by atoms with Crippen molar-refractivity contribution >= 4 is 17.2 Å². The van der Waals surface area contributed by atoms with Gasteiger partial charge in [0, 0.05) is 11.8 Å². The van der Waals surface area contributed by atoms with Crippen LogP contribution in [-0.2, 0) is 10.2 Å². The summed E-state index contributed by atoms with van der Waals surface area (Å²) in [7, 11) is 0. The third kappa shape index (κ3) is 1.75. The van der Waals surface area contributed by atoms with Gasteiger partial charge in [0.1, 0.15) is 0 Å². The first kappa shape index (κ1) is 11.5. The van der Waals surface area contributed by atoms with Gasteiger partial charge in [-0.05, 0) is 28.0 Å². The van der Waals surface area contributed by atoms with Crippen molar-refractivity contribution in [2.45, 2.75) is 24.8 Å². The van der Waals surface area contributed by atoms with Gasteiger partial charge in [-0.1, -0.05) is 37.3 Å². The molecule has 0 saturated carbocycles. The van der Waals surface area contributed by atoms with E-state index in [9.17, 15) is 4.79 Å². The monoisotopic (exact) mass is 257 g/mol. The molecule has 2 aromatic rings. The lowest BCUT2D eigenvalue weighted by molar-refractivity contribution is -0.119. The molecule has 1 aromatic heterocycles. The van der Waals surface area contributed by atoms with E-state index in [-0.39, 0.29) is 17.4 Å². The van der Waals surface area contributed by atoms with Crippen LogP contribution in [0.5, 0.6) is 0 Å². The van der Waals surface area contributed by atoms with Gasteiger partial charge in [-0.15, -0.1) is 0 Å². The Morgan fingerprint density at radius 2 is 2.06 bits per heavy atom. The Bertz CT molecular complexity index is 549. The SMILES string of the molecule is CC1(c2ccsc2)CC(=O)NC1c1ccccc1. The number of rotatable bonds is 2. The molecule has 2 heterocycles. The Labute approximate surface area is 111 Å². The molecule has 1 saturated heterocycles. The summed E-state index contributed by atoms with van der Waals surface area (Å²) in [6, 6.07) is 12.4. The predicted octanol–water partition coefficient (Wildman–Crippen LogP) is 3.27. The van der Waals surface area contributed by atoms with Crippen LogP contribution < -0.4 is 5.32 Å². The van der Waals surface area contributed by atoms with Crippen LogP contribution in [0.4, 0.5) is 0 Å². The molecule has 0 aliphatic carbocycles. The van der Waals surface area contributed by atoms with Gasteiger partial charge in [-0.3, -0.25) is 4.79 Å². The van der Waals surface area contributed by atoms with Crippen molar-refractivity contribution in [2.75, 3.05) is 0 Å². The van der Waals surface area contributed by atoms with Crippen LogP contribution in [0, 0.1) is 0 Å². The molecular formula is C15H15NOS. The van der Waals surface area contributed by atoms with Gasteiger partial charge in [-0.25, -0.2) is 0 Å². The zero-order chi connectivity index (χ0) is 12.6. The van der Waals surface area contributed by atoms with Crippen LogP contribution >= 0.6 is 11.3 Å². The molecule has 0 spiro atoms. The van der Waals surface area contributed by atoms with E-state index in [1.165, 1.54) is 11.1 Å². The van der Waals surface area contributed by atoms with Crippen molar-refractivity contribution in [3.05, 3.63) is 58.3 Å². The molecule has 1 aliphatic heterocycles. The molecule has 18 heavy (non-hydrogen) atoms. The summed E-state index contributed by atoms with van der Waals surface area (Å²) in [4.78, 5) is 11.8. The van der Waals surface area contributed by atoms with Crippen LogP contribution in [-0.4, -0.2) is 5.91 Å². The minimum absolute atomic E-state index is 0.0702. The summed E-state index contributed by atoms with van der Waals surface area (Å²) < 4.78 is 0. The van der Waals surface area contributed by atoms with E-state index in [1.807, 2.05) is 18.2 Å². The second kappa shape index (κ2) is 4.25. The third-order valence-electron chi connectivity index (χ3n) is 3.78. The maximum atomic E-state index is 11.8. The Balaban J connectivity index is 2.05. The van der Waals surface area contributed by atoms with Gasteiger partial charge in [0.2, 0.25) is 5.91 Å². The highest BCUT2D eigenvalue weighted by atomic mass is 32.1. The molecule has 1 aliphatic rings. The molecule has 3 heteroatoms. The van der Waals surface area contributed by atoms with Crippen molar-refractivity contribution in [2.24, 2.45) is 0 Å². The van der Waals surface area contributed by atoms with Gasteiger partial charge in [-0.2, -0.15) is 11.3 Å². The van der Waals surface area contributed by atoms with Gasteiger partial charge in [0.25, 0.3) is 0 Å². The molecule has 0 bridgehead atoms. The molecule has 2 nitrogen and oxygen atoms in total. The minimum Gasteiger partial charge on any atom is -0.348 e. The number of nitrogens with one attached hydrogen (secondary N) is 1. The topological polar surface area (TPSA) is 29.1 Å². The zero-order valence-electron chi connectivity index (χ0n) is 10.2. The Kier molecular flexibility index (Phi) is 2.71. The van der Waals surface area contributed by atoms with Crippen molar-refractivity contribution in [3.63, 3.8) is 0 Å². The standard InChI is InChI=1S/C15H15NOS/c1-15(12-7-8-18-10-12)9-13(17)16-14(15)11-5-3-2-4-6-11/h2-8,10,14H,9H2,1H3,(H,16,17). The van der Waals surface area contributed by atoms with Gasteiger partial charge in [0.05, 0.1) is 6.04 Å². The summed E-state index contributed by atoms with van der Waals surface area (Å²) in [6.07, 6.45) is 0.559. The first-order chi connectivity index (χ1) is 8.70. The van der Waals surface area contributed by atoms with E-state index in [0.29, 0.717) is 6.42 Å². The van der Waals surface area contributed by atoms with Crippen molar-refractivity contribution < 1.29 is 4.79 Å². The fraction of sp³-hybridized carbons (Fsp3) is 0.267. The molecule has 2 atom stereocenters. The number of carbonyl (C=O) groups is 1. The summed E-state index contributed by atoms with van der Waals surface area (Å²) in [5.74, 6) is 0.137. The second-order valence-corrected chi connectivity index (χ2v) is 5.80. The average molecular weight is 257 g/mol. The van der Waals surface area contributed by atoms with Crippen LogP contribution in [0.1, 0.15) is 30.5 Å². The van der Waals surface area contributed by atoms with Crippen molar-refractivity contribution in [1.82, 2.24) is 5.32 Å². The van der Waals surface area contributed by atoms with E-state index >= 15 is 0 Å². The average Bonchev–Trinajstić information content (AvgIpc) is 2.99. The maximum Gasteiger partial charge on any atom is 0.221 e. The number of benzene rings is 1. The largest absolute Gasteiger partial charge is 0.348 e. The van der Waals surface area contributed by atoms with E-state index in [1.54, 1.807) is 11.3 Å². The maximum absolute atomic E-state index is 11.8. The highest BCUT2D eigenvalue weighted by Crippen LogP contribution is 2.44. The van der Waals surface area contributed by atoms with Gasteiger partial charge >= 0.3 is 0 Å². The molecule has 3 rings (SSSR count). The van der Waals surface area contributed by atoms with Crippen LogP contribution in [0.3, 0.4) is 0 Å². The predicted molar refractivity (Wildman–Crippen MR) is 73.6 cm³/mol. The molecule has 92 valence electrons. The summed E-state index contributed by atoms with van der Waals surface area (Å²) >= 11 is 1.68. The highest BCUT2D eigenvalue weighted by molar-refractivity contribution is 7.08. The summed E-state index contributed by atoms with van der Waals surface area (Å²) in [5.41, 5.74) is 2.29. The van der Waals surface area contributed by atoms with Crippen molar-refractivity contribution in [1.29, 1.82) is 0 Å². The smallest absolute Gasteiger partial charge is 0.221 e. The van der Waals surface area contributed by atoms with Crippen LogP contribution in [0.25, 0.3) is 0 Å². The fourth-order valence-electron chi connectivity index (χ4n) is 2.76. The number of hydrogen-bond donors (Lipinski definition) is 1. The number of thiophene rings is 1. The Morgan fingerprint density at radius 1 is 1.28 bits per heavy atom. The normalized spacial score (nSPS) is 27.2. The van der Waals surface area contributed by atoms with Crippen LogP contribution in [0.15, 0.2) is 47.2 Å². The number of hydrogen-bond acceptors (Lipinski definition) is 2. The second-order valence-electron chi connectivity index (χ2n) is 5.02. The lowest BCUT2D eigenvalue weighted by Gasteiger charge is -2.30. The third-order valence-corrected chi connectivity index (χ3v) is 4.47. The van der Waals surface area contributed by atoms with E-state index < -0.39 is 0 Å². The highest BCUT2D eigenvalue weighted by Gasteiger charge is 2.45. The van der Waals surface area contributed by atoms with Crippen molar-refractivity contribution in [3.8, 4) is 0 Å². The fourth-order valence-corrected chi connectivity index (χ4v) is 3.56. The van der Waals surface area contributed by atoms with Gasteiger partial charge < -0.3 is 5.32 Å². The summed E-state index contributed by atoms with van der Waals surface area (Å²) in [6.45, 7) is 2.17. The number of carbonyl (C=O) groups excluding carboxylic acids is 1. The zero-order valence-corrected chi connectivity index (χ0v) is 11.0. The quantitative estimate of drug-likeness (QED) is 0.879. The summed E-state index contributed by atoms with van der Waals surface area (Å²) in [5, 5.41) is 7.34. The molecule has 1 aromatic carbocycles. The lowest BCUT2D eigenvalue weighted by Crippen LogP contribution is -2.30. The van der Waals surface area contributed by atoms with E-state index in [4.69, 9.17) is 0 Å². The molecular weight excluding hydrogens is 242 g/mol. The van der Waals surface area contributed by atoms with Gasteiger partial charge in [0.15, 0.2) is 0 Å². The molecule has 0 radical (unpaired) electrons. The molecule has 1 N–H and O–H groups in total. The molecule has 1 fully saturated rings. The van der Waals surface area contributed by atoms with E-state index in [2.05, 4.69) is 41.2 Å². The molecule has 1 amide bonds. The first-order valence-corrected chi connectivity index (χ1v) is 7.01.